The number of nitrogens with zero attached hydrogens (tertiary/aromatic N) is 5. The fraction of sp³-hybridized carbons (Fsp3) is 0.786. The molecule has 0 aliphatic carbocycles. The van der Waals surface area contributed by atoms with E-state index in [4.69, 9.17) is 4.74 Å². The molecular formula is C14H26N6O. The van der Waals surface area contributed by atoms with Gasteiger partial charge in [0.15, 0.2) is 0 Å². The summed E-state index contributed by atoms with van der Waals surface area (Å²) in [5.41, 5.74) is 0. The summed E-state index contributed by atoms with van der Waals surface area (Å²) in [7, 11) is 1.80. The molecule has 1 aromatic heterocycles. The lowest BCUT2D eigenvalue weighted by atomic mass is 10.2. The zero-order valence-corrected chi connectivity index (χ0v) is 13.5. The quantitative estimate of drug-likeness (QED) is 0.846. The van der Waals surface area contributed by atoms with Gasteiger partial charge in [-0.15, -0.1) is 0 Å². The Bertz CT molecular complexity index is 445. The minimum absolute atomic E-state index is 0.400. The van der Waals surface area contributed by atoms with E-state index >= 15 is 0 Å². The van der Waals surface area contributed by atoms with Crippen molar-refractivity contribution >= 4 is 11.9 Å². The van der Waals surface area contributed by atoms with Crippen LogP contribution in [0.5, 0.6) is 6.01 Å². The molecule has 0 spiro atoms. The number of hydrogen-bond acceptors (Lipinski definition) is 7. The summed E-state index contributed by atoms with van der Waals surface area (Å²) in [6, 6.07) is 0.985. The van der Waals surface area contributed by atoms with Crippen molar-refractivity contribution in [1.82, 2.24) is 19.9 Å². The van der Waals surface area contributed by atoms with E-state index in [1.165, 1.54) is 0 Å². The Balaban J connectivity index is 2.08. The Morgan fingerprint density at radius 3 is 2.43 bits per heavy atom. The van der Waals surface area contributed by atoms with Gasteiger partial charge >= 0.3 is 6.01 Å². The molecule has 1 aromatic rings. The summed E-state index contributed by atoms with van der Waals surface area (Å²) < 4.78 is 5.55. The largest absolute Gasteiger partial charge is 0.463 e. The standard InChI is InChI=1S/C14H26N6O/c1-5-10-21-14-17-12(15-4)16-13(18-14)20-8-6-19(7-9-20)11(2)3/h11H,5-10H2,1-4H3,(H,15,16,17,18). The minimum Gasteiger partial charge on any atom is -0.463 e. The molecule has 0 aromatic carbocycles. The predicted molar refractivity (Wildman–Crippen MR) is 84.1 cm³/mol. The second kappa shape index (κ2) is 7.40. The molecule has 1 aliphatic heterocycles. The van der Waals surface area contributed by atoms with Crippen LogP contribution >= 0.6 is 0 Å². The van der Waals surface area contributed by atoms with E-state index in [9.17, 15) is 0 Å². The first kappa shape index (κ1) is 15.8. The van der Waals surface area contributed by atoms with Gasteiger partial charge in [-0.25, -0.2) is 0 Å². The van der Waals surface area contributed by atoms with Crippen LogP contribution in [0.4, 0.5) is 11.9 Å². The van der Waals surface area contributed by atoms with Crippen LogP contribution in [-0.2, 0) is 0 Å². The molecule has 21 heavy (non-hydrogen) atoms. The molecule has 2 rings (SSSR count). The number of rotatable bonds is 6. The molecule has 118 valence electrons. The highest BCUT2D eigenvalue weighted by molar-refractivity contribution is 5.38. The highest BCUT2D eigenvalue weighted by Gasteiger charge is 2.21. The first-order chi connectivity index (χ1) is 10.1. The zero-order chi connectivity index (χ0) is 15.2. The monoisotopic (exact) mass is 294 g/mol. The second-order valence-corrected chi connectivity index (χ2v) is 5.46. The van der Waals surface area contributed by atoms with Crippen LogP contribution in [0.25, 0.3) is 0 Å². The van der Waals surface area contributed by atoms with Crippen LogP contribution < -0.4 is 15.0 Å². The molecule has 0 atom stereocenters. The van der Waals surface area contributed by atoms with E-state index in [1.807, 2.05) is 0 Å². The molecule has 2 heterocycles. The summed E-state index contributed by atoms with van der Waals surface area (Å²) >= 11 is 0. The molecule has 7 heteroatoms. The molecule has 0 unspecified atom stereocenters. The summed E-state index contributed by atoms with van der Waals surface area (Å²) in [4.78, 5) is 17.8. The van der Waals surface area contributed by atoms with E-state index in [0.29, 0.717) is 30.6 Å². The number of aromatic nitrogens is 3. The van der Waals surface area contributed by atoms with Crippen molar-refractivity contribution in [3.05, 3.63) is 0 Å². The first-order valence-electron chi connectivity index (χ1n) is 7.69. The lowest BCUT2D eigenvalue weighted by Gasteiger charge is -2.36. The van der Waals surface area contributed by atoms with Gasteiger partial charge in [-0.2, -0.15) is 15.0 Å². The number of nitrogens with one attached hydrogen (secondary N) is 1. The van der Waals surface area contributed by atoms with Gasteiger partial charge in [0.05, 0.1) is 6.61 Å². The number of ether oxygens (including phenoxy) is 1. The van der Waals surface area contributed by atoms with Crippen LogP contribution in [0.1, 0.15) is 27.2 Å². The van der Waals surface area contributed by atoms with Crippen LogP contribution in [0.3, 0.4) is 0 Å². The third kappa shape index (κ3) is 4.17. The maximum Gasteiger partial charge on any atom is 0.323 e. The lowest BCUT2D eigenvalue weighted by Crippen LogP contribution is -2.49. The SMILES string of the molecule is CCCOc1nc(NC)nc(N2CCN(C(C)C)CC2)n1. The van der Waals surface area contributed by atoms with Crippen LogP contribution in [0.15, 0.2) is 0 Å². The smallest absolute Gasteiger partial charge is 0.323 e. The molecular weight excluding hydrogens is 268 g/mol. The second-order valence-electron chi connectivity index (χ2n) is 5.46. The number of piperazine rings is 1. The average Bonchev–Trinajstić information content (AvgIpc) is 2.52. The Labute approximate surface area is 126 Å². The first-order valence-corrected chi connectivity index (χ1v) is 7.69. The van der Waals surface area contributed by atoms with Gasteiger partial charge in [0.25, 0.3) is 0 Å². The van der Waals surface area contributed by atoms with Crippen molar-refractivity contribution in [2.75, 3.05) is 50.1 Å². The summed E-state index contributed by atoms with van der Waals surface area (Å²) in [6.45, 7) is 11.1. The Kier molecular flexibility index (Phi) is 5.55. The molecule has 0 bridgehead atoms. The number of anilines is 2. The topological polar surface area (TPSA) is 66.4 Å². The summed E-state index contributed by atoms with van der Waals surface area (Å²) in [6.07, 6.45) is 0.933. The molecule has 0 saturated carbocycles. The highest BCUT2D eigenvalue weighted by atomic mass is 16.5. The van der Waals surface area contributed by atoms with E-state index in [1.54, 1.807) is 7.05 Å². The maximum atomic E-state index is 5.55. The fourth-order valence-corrected chi connectivity index (χ4v) is 2.30. The highest BCUT2D eigenvalue weighted by Crippen LogP contribution is 2.17. The summed E-state index contributed by atoms with van der Waals surface area (Å²) in [5.74, 6) is 1.25. The van der Waals surface area contributed by atoms with Crippen molar-refractivity contribution in [2.45, 2.75) is 33.2 Å². The molecule has 1 saturated heterocycles. The van der Waals surface area contributed by atoms with Gasteiger partial charge in [0, 0.05) is 39.3 Å². The van der Waals surface area contributed by atoms with Crippen molar-refractivity contribution in [3.8, 4) is 6.01 Å². The van der Waals surface area contributed by atoms with Crippen molar-refractivity contribution < 1.29 is 4.74 Å². The maximum absolute atomic E-state index is 5.55. The third-order valence-electron chi connectivity index (χ3n) is 3.59. The normalized spacial score (nSPS) is 16.3. The molecule has 0 amide bonds. The van der Waals surface area contributed by atoms with Gasteiger partial charge < -0.3 is 15.0 Å². The Morgan fingerprint density at radius 2 is 1.86 bits per heavy atom. The van der Waals surface area contributed by atoms with Gasteiger partial charge in [-0.05, 0) is 20.3 Å². The van der Waals surface area contributed by atoms with E-state index in [2.05, 4.69) is 50.8 Å². The lowest BCUT2D eigenvalue weighted by molar-refractivity contribution is 0.208. The van der Waals surface area contributed by atoms with E-state index in [-0.39, 0.29) is 0 Å². The van der Waals surface area contributed by atoms with Gasteiger partial charge in [0.1, 0.15) is 0 Å². The molecule has 0 radical (unpaired) electrons. The van der Waals surface area contributed by atoms with Crippen molar-refractivity contribution in [2.24, 2.45) is 0 Å². The zero-order valence-electron chi connectivity index (χ0n) is 13.5. The van der Waals surface area contributed by atoms with E-state index in [0.717, 1.165) is 32.6 Å². The molecule has 7 nitrogen and oxygen atoms in total. The molecule has 1 fully saturated rings. The fourth-order valence-electron chi connectivity index (χ4n) is 2.30. The Hall–Kier alpha value is -1.63. The third-order valence-corrected chi connectivity index (χ3v) is 3.59. The van der Waals surface area contributed by atoms with Crippen LogP contribution in [-0.4, -0.2) is 65.7 Å². The minimum atomic E-state index is 0.400. The molecule has 1 aliphatic rings. The summed E-state index contributed by atoms with van der Waals surface area (Å²) in [5, 5.41) is 2.97. The van der Waals surface area contributed by atoms with Gasteiger partial charge in [-0.1, -0.05) is 6.92 Å². The van der Waals surface area contributed by atoms with Gasteiger partial charge in [0.2, 0.25) is 11.9 Å². The van der Waals surface area contributed by atoms with E-state index < -0.39 is 0 Å². The van der Waals surface area contributed by atoms with Crippen molar-refractivity contribution in [3.63, 3.8) is 0 Å². The predicted octanol–water partition coefficient (Wildman–Crippen LogP) is 1.23. The average molecular weight is 294 g/mol. The Morgan fingerprint density at radius 1 is 1.14 bits per heavy atom. The van der Waals surface area contributed by atoms with Crippen molar-refractivity contribution in [1.29, 1.82) is 0 Å². The van der Waals surface area contributed by atoms with Crippen LogP contribution in [0.2, 0.25) is 0 Å². The van der Waals surface area contributed by atoms with Gasteiger partial charge in [-0.3, -0.25) is 4.90 Å². The van der Waals surface area contributed by atoms with Crippen LogP contribution in [0, 0.1) is 0 Å². The molecule has 1 N–H and O–H groups in total. The number of hydrogen-bond donors (Lipinski definition) is 1.